The molecule has 0 saturated carbocycles. The number of methoxy groups -OCH3 is 1. The molecular formula is C26H23ClN2O3. The number of halogens is 1. The largest absolute Gasteiger partial charge is 0.495 e. The highest BCUT2D eigenvalue weighted by Crippen LogP contribution is 2.39. The lowest BCUT2D eigenvalue weighted by Crippen LogP contribution is -2.34. The maximum Gasteiger partial charge on any atom is 0.282 e. The minimum Gasteiger partial charge on any atom is -0.495 e. The van der Waals surface area contributed by atoms with Crippen LogP contribution < -0.4 is 9.64 Å². The Morgan fingerprint density at radius 2 is 1.62 bits per heavy atom. The number of ether oxygens (including phenoxy) is 1. The number of nitrogens with zero attached hydrogens (tertiary/aromatic N) is 2. The molecule has 0 aromatic heterocycles. The van der Waals surface area contributed by atoms with E-state index < -0.39 is 11.8 Å². The summed E-state index contributed by atoms with van der Waals surface area (Å²) in [5, 5.41) is 0.407. The molecule has 5 nitrogen and oxygen atoms in total. The first-order chi connectivity index (χ1) is 15.4. The fourth-order valence-electron chi connectivity index (χ4n) is 3.85. The fourth-order valence-corrected chi connectivity index (χ4v) is 4.01. The van der Waals surface area contributed by atoms with Gasteiger partial charge in [0.1, 0.15) is 11.4 Å². The zero-order valence-electron chi connectivity index (χ0n) is 18.1. The summed E-state index contributed by atoms with van der Waals surface area (Å²) >= 11 is 6.20. The van der Waals surface area contributed by atoms with Gasteiger partial charge in [0, 0.05) is 18.6 Å². The van der Waals surface area contributed by atoms with Crippen LogP contribution in [0.4, 0.5) is 5.69 Å². The molecule has 0 spiro atoms. The normalized spacial score (nSPS) is 13.7. The van der Waals surface area contributed by atoms with Crippen LogP contribution in [0.2, 0.25) is 5.02 Å². The molecule has 1 heterocycles. The summed E-state index contributed by atoms with van der Waals surface area (Å²) in [5.41, 5.74) is 3.80. The van der Waals surface area contributed by atoms with Crippen LogP contribution in [-0.4, -0.2) is 30.9 Å². The Bertz CT molecular complexity index is 1200. The van der Waals surface area contributed by atoms with E-state index in [-0.39, 0.29) is 0 Å². The summed E-state index contributed by atoms with van der Waals surface area (Å²) in [6.07, 6.45) is 0. The second-order valence-corrected chi connectivity index (χ2v) is 8.13. The van der Waals surface area contributed by atoms with E-state index in [0.29, 0.717) is 39.8 Å². The molecule has 32 heavy (non-hydrogen) atoms. The molecular weight excluding hydrogens is 424 g/mol. The topological polar surface area (TPSA) is 49.9 Å². The average molecular weight is 447 g/mol. The molecule has 6 heteroatoms. The predicted octanol–water partition coefficient (Wildman–Crippen LogP) is 5.07. The minimum atomic E-state index is -0.412. The Labute approximate surface area is 192 Å². The molecule has 0 atom stereocenters. The minimum absolute atomic E-state index is 0.322. The van der Waals surface area contributed by atoms with E-state index in [9.17, 15) is 9.59 Å². The number of benzene rings is 3. The van der Waals surface area contributed by atoms with Gasteiger partial charge in [-0.2, -0.15) is 0 Å². The van der Waals surface area contributed by atoms with Crippen LogP contribution >= 0.6 is 11.6 Å². The molecule has 0 saturated heterocycles. The van der Waals surface area contributed by atoms with Gasteiger partial charge in [0.15, 0.2) is 0 Å². The van der Waals surface area contributed by atoms with Gasteiger partial charge < -0.3 is 9.64 Å². The van der Waals surface area contributed by atoms with Crippen LogP contribution in [0.15, 0.2) is 78.5 Å². The van der Waals surface area contributed by atoms with Crippen molar-refractivity contribution in [3.05, 3.63) is 100 Å². The first kappa shape index (κ1) is 21.7. The molecule has 0 unspecified atom stereocenters. The lowest BCUT2D eigenvalue weighted by atomic mass is 10.0. The quantitative estimate of drug-likeness (QED) is 0.496. The molecule has 3 aromatic rings. The maximum atomic E-state index is 13.7. The van der Waals surface area contributed by atoms with Crippen molar-refractivity contribution in [3.63, 3.8) is 0 Å². The number of imide groups is 1. The van der Waals surface area contributed by atoms with Crippen molar-refractivity contribution < 1.29 is 14.3 Å². The second-order valence-electron chi connectivity index (χ2n) is 7.69. The van der Waals surface area contributed by atoms with E-state index in [1.165, 1.54) is 7.11 Å². The number of likely N-dealkylation sites (N-methyl/N-ethyl adjacent to an activating group) is 1. The standard InChI is InChI=1S/C26H23ClN2O3/c1-17-9-11-19(12-10-17)23-24(28(2)16-18-7-5-4-6-8-18)26(31)29(25(23)30)21-15-20(27)13-14-22(21)32-3/h4-15H,16H2,1-3H3. The highest BCUT2D eigenvalue weighted by molar-refractivity contribution is 6.46. The monoisotopic (exact) mass is 446 g/mol. The number of amides is 2. The van der Waals surface area contributed by atoms with E-state index in [1.807, 2.05) is 73.5 Å². The first-order valence-corrected chi connectivity index (χ1v) is 10.6. The van der Waals surface area contributed by atoms with Crippen molar-refractivity contribution in [1.82, 2.24) is 4.90 Å². The molecule has 3 aromatic carbocycles. The molecule has 1 aliphatic heterocycles. The summed E-state index contributed by atoms with van der Waals surface area (Å²) in [7, 11) is 3.31. The van der Waals surface area contributed by atoms with Crippen molar-refractivity contribution >= 4 is 34.7 Å². The Balaban J connectivity index is 1.83. The van der Waals surface area contributed by atoms with Gasteiger partial charge in [-0.25, -0.2) is 4.90 Å². The van der Waals surface area contributed by atoms with Gasteiger partial charge >= 0.3 is 0 Å². The zero-order valence-corrected chi connectivity index (χ0v) is 18.9. The molecule has 1 aliphatic rings. The summed E-state index contributed by atoms with van der Waals surface area (Å²) in [4.78, 5) is 30.3. The van der Waals surface area contributed by atoms with Crippen molar-refractivity contribution in [1.29, 1.82) is 0 Å². The van der Waals surface area contributed by atoms with Gasteiger partial charge in [0.25, 0.3) is 11.8 Å². The molecule has 2 amide bonds. The third kappa shape index (κ3) is 3.99. The number of carbonyl (C=O) groups excluding carboxylic acids is 2. The first-order valence-electron chi connectivity index (χ1n) is 10.2. The summed E-state index contributed by atoms with van der Waals surface area (Å²) in [6, 6.07) is 22.3. The molecule has 0 bridgehead atoms. The number of aryl methyl sites for hydroxylation is 1. The van der Waals surface area contributed by atoms with Crippen molar-refractivity contribution in [2.45, 2.75) is 13.5 Å². The van der Waals surface area contributed by atoms with Crippen molar-refractivity contribution in [2.24, 2.45) is 0 Å². The second kappa shape index (κ2) is 8.89. The summed E-state index contributed by atoms with van der Waals surface area (Å²) in [5.74, 6) is -0.426. The number of anilines is 1. The number of rotatable bonds is 6. The Hall–Kier alpha value is -3.57. The third-order valence-electron chi connectivity index (χ3n) is 5.43. The summed E-state index contributed by atoms with van der Waals surface area (Å²) < 4.78 is 5.42. The molecule has 0 fully saturated rings. The number of hydrogen-bond acceptors (Lipinski definition) is 4. The van der Waals surface area contributed by atoms with Crippen molar-refractivity contribution in [2.75, 3.05) is 19.1 Å². The summed E-state index contributed by atoms with van der Waals surface area (Å²) in [6.45, 7) is 2.45. The van der Waals surface area contributed by atoms with Crippen molar-refractivity contribution in [3.8, 4) is 5.75 Å². The average Bonchev–Trinajstić information content (AvgIpc) is 3.05. The third-order valence-corrected chi connectivity index (χ3v) is 5.66. The van der Waals surface area contributed by atoms with Crippen LogP contribution in [0.3, 0.4) is 0 Å². The molecule has 0 radical (unpaired) electrons. The lowest BCUT2D eigenvalue weighted by molar-refractivity contribution is -0.120. The number of carbonyl (C=O) groups is 2. The van der Waals surface area contributed by atoms with Crippen LogP contribution in [0, 0.1) is 6.92 Å². The van der Waals surface area contributed by atoms with E-state index >= 15 is 0 Å². The van der Waals surface area contributed by atoms with Gasteiger partial charge in [-0.05, 0) is 36.2 Å². The lowest BCUT2D eigenvalue weighted by Gasteiger charge is -2.22. The maximum absolute atomic E-state index is 13.7. The SMILES string of the molecule is COc1ccc(Cl)cc1N1C(=O)C(c2ccc(C)cc2)=C(N(C)Cc2ccccc2)C1=O. The van der Waals surface area contributed by atoms with Crippen LogP contribution in [0.1, 0.15) is 16.7 Å². The van der Waals surface area contributed by atoms with Crippen LogP contribution in [0.5, 0.6) is 5.75 Å². The van der Waals surface area contributed by atoms with E-state index in [0.717, 1.165) is 16.0 Å². The molecule has 0 N–H and O–H groups in total. The van der Waals surface area contributed by atoms with E-state index in [1.54, 1.807) is 18.2 Å². The van der Waals surface area contributed by atoms with E-state index in [4.69, 9.17) is 16.3 Å². The highest BCUT2D eigenvalue weighted by atomic mass is 35.5. The predicted molar refractivity (Wildman–Crippen MR) is 127 cm³/mol. The molecule has 0 aliphatic carbocycles. The Kier molecular flexibility index (Phi) is 6.01. The van der Waals surface area contributed by atoms with Gasteiger partial charge in [-0.1, -0.05) is 71.8 Å². The van der Waals surface area contributed by atoms with Crippen LogP contribution in [0.25, 0.3) is 5.57 Å². The fraction of sp³-hybridized carbons (Fsp3) is 0.154. The van der Waals surface area contributed by atoms with Gasteiger partial charge in [-0.3, -0.25) is 9.59 Å². The molecule has 4 rings (SSSR count). The van der Waals surface area contributed by atoms with Gasteiger partial charge in [0.05, 0.1) is 18.4 Å². The smallest absolute Gasteiger partial charge is 0.282 e. The Morgan fingerprint density at radius 3 is 2.28 bits per heavy atom. The zero-order chi connectivity index (χ0) is 22.8. The molecule has 162 valence electrons. The van der Waals surface area contributed by atoms with Crippen LogP contribution in [-0.2, 0) is 16.1 Å². The van der Waals surface area contributed by atoms with Gasteiger partial charge in [0.2, 0.25) is 0 Å². The van der Waals surface area contributed by atoms with Gasteiger partial charge in [-0.15, -0.1) is 0 Å². The number of hydrogen-bond donors (Lipinski definition) is 0. The highest BCUT2D eigenvalue weighted by Gasteiger charge is 2.42. The van der Waals surface area contributed by atoms with E-state index in [2.05, 4.69) is 0 Å². The Morgan fingerprint density at radius 1 is 0.938 bits per heavy atom.